The molecule has 7 heteroatoms. The minimum Gasteiger partial charge on any atom is -0.325 e. The third kappa shape index (κ3) is 5.82. The van der Waals surface area contributed by atoms with Gasteiger partial charge in [0.05, 0.1) is 23.8 Å². The van der Waals surface area contributed by atoms with Gasteiger partial charge in [-0.2, -0.15) is 0 Å². The Morgan fingerprint density at radius 2 is 1.62 bits per heavy atom. The highest BCUT2D eigenvalue weighted by Crippen LogP contribution is 2.27. The zero-order valence-corrected chi connectivity index (χ0v) is 15.7. The molecule has 0 aliphatic carbocycles. The Bertz CT molecular complexity index is 786. The van der Waals surface area contributed by atoms with Crippen molar-refractivity contribution in [2.24, 2.45) is 0 Å². The SMILES string of the molecule is Cc1cc(C)c(NC(=O)CN(C)CC(=O)Nc2ccc(F)cc2)c(Cl)c1. The van der Waals surface area contributed by atoms with Gasteiger partial charge in [-0.15, -0.1) is 0 Å². The van der Waals surface area contributed by atoms with Crippen LogP contribution in [0.15, 0.2) is 36.4 Å². The molecule has 0 heterocycles. The molecule has 0 aromatic heterocycles. The molecule has 5 nitrogen and oxygen atoms in total. The summed E-state index contributed by atoms with van der Waals surface area (Å²) in [5.74, 6) is -0.936. The molecular formula is C19H21ClFN3O2. The van der Waals surface area contributed by atoms with Crippen LogP contribution in [0, 0.1) is 19.7 Å². The maximum Gasteiger partial charge on any atom is 0.238 e. The quantitative estimate of drug-likeness (QED) is 0.808. The highest BCUT2D eigenvalue weighted by atomic mass is 35.5. The summed E-state index contributed by atoms with van der Waals surface area (Å²) in [6.45, 7) is 3.85. The molecule has 0 spiro atoms. The molecule has 0 atom stereocenters. The number of likely N-dealkylation sites (N-methyl/N-ethyl adjacent to an activating group) is 1. The predicted octanol–water partition coefficient (Wildman–Crippen LogP) is 3.60. The number of carbonyl (C=O) groups excluding carboxylic acids is 2. The zero-order valence-electron chi connectivity index (χ0n) is 14.9. The van der Waals surface area contributed by atoms with E-state index in [9.17, 15) is 14.0 Å². The van der Waals surface area contributed by atoms with E-state index in [1.54, 1.807) is 18.0 Å². The van der Waals surface area contributed by atoms with E-state index in [1.165, 1.54) is 24.3 Å². The number of amides is 2. The molecule has 0 fully saturated rings. The Kier molecular flexibility index (Phi) is 6.71. The number of rotatable bonds is 6. The van der Waals surface area contributed by atoms with Gasteiger partial charge in [-0.3, -0.25) is 14.5 Å². The smallest absolute Gasteiger partial charge is 0.238 e. The largest absolute Gasteiger partial charge is 0.325 e. The van der Waals surface area contributed by atoms with Crippen LogP contribution >= 0.6 is 11.6 Å². The lowest BCUT2D eigenvalue weighted by molar-refractivity contribution is -0.119. The van der Waals surface area contributed by atoms with E-state index in [0.29, 0.717) is 16.4 Å². The van der Waals surface area contributed by atoms with Gasteiger partial charge < -0.3 is 10.6 Å². The first-order valence-electron chi connectivity index (χ1n) is 8.05. The van der Waals surface area contributed by atoms with Gasteiger partial charge in [-0.25, -0.2) is 4.39 Å². The van der Waals surface area contributed by atoms with Crippen LogP contribution in [0.2, 0.25) is 5.02 Å². The van der Waals surface area contributed by atoms with Gasteiger partial charge in [-0.05, 0) is 62.4 Å². The van der Waals surface area contributed by atoms with Gasteiger partial charge >= 0.3 is 0 Å². The van der Waals surface area contributed by atoms with Gasteiger partial charge in [0.15, 0.2) is 0 Å². The van der Waals surface area contributed by atoms with Crippen LogP contribution in [-0.4, -0.2) is 36.9 Å². The van der Waals surface area contributed by atoms with Crippen LogP contribution in [0.3, 0.4) is 0 Å². The number of aryl methyl sites for hydroxylation is 2. The maximum atomic E-state index is 12.9. The number of nitrogens with zero attached hydrogens (tertiary/aromatic N) is 1. The normalized spacial score (nSPS) is 10.7. The van der Waals surface area contributed by atoms with Crippen molar-refractivity contribution in [3.8, 4) is 0 Å². The van der Waals surface area contributed by atoms with Gasteiger partial charge in [0, 0.05) is 5.69 Å². The van der Waals surface area contributed by atoms with E-state index in [1.807, 2.05) is 19.9 Å². The Labute approximate surface area is 157 Å². The first-order chi connectivity index (χ1) is 12.2. The molecule has 0 aliphatic rings. The van der Waals surface area contributed by atoms with Crippen molar-refractivity contribution in [3.05, 3.63) is 58.4 Å². The summed E-state index contributed by atoms with van der Waals surface area (Å²) in [6.07, 6.45) is 0. The molecule has 0 unspecified atom stereocenters. The first-order valence-corrected chi connectivity index (χ1v) is 8.43. The Hall–Kier alpha value is -2.44. The first kappa shape index (κ1) is 19.9. The van der Waals surface area contributed by atoms with Crippen LogP contribution in [0.5, 0.6) is 0 Å². The zero-order chi connectivity index (χ0) is 19.3. The van der Waals surface area contributed by atoms with E-state index in [4.69, 9.17) is 11.6 Å². The van der Waals surface area contributed by atoms with Crippen LogP contribution in [0.4, 0.5) is 15.8 Å². The van der Waals surface area contributed by atoms with E-state index in [-0.39, 0.29) is 30.7 Å². The molecule has 2 rings (SSSR count). The highest BCUT2D eigenvalue weighted by molar-refractivity contribution is 6.34. The molecule has 0 saturated carbocycles. The van der Waals surface area contributed by atoms with Crippen LogP contribution in [-0.2, 0) is 9.59 Å². The second kappa shape index (κ2) is 8.78. The lowest BCUT2D eigenvalue weighted by Crippen LogP contribution is -2.36. The van der Waals surface area contributed by atoms with Crippen LogP contribution < -0.4 is 10.6 Å². The summed E-state index contributed by atoms with van der Waals surface area (Å²) in [4.78, 5) is 25.8. The average molecular weight is 378 g/mol. The van der Waals surface area contributed by atoms with Crippen molar-refractivity contribution in [1.29, 1.82) is 0 Å². The number of anilines is 2. The van der Waals surface area contributed by atoms with Crippen molar-refractivity contribution >= 4 is 34.8 Å². The molecule has 2 aromatic carbocycles. The summed E-state index contributed by atoms with van der Waals surface area (Å²) in [6, 6.07) is 9.19. The standard InChI is InChI=1S/C19H21ClFN3O2/c1-12-8-13(2)19(16(20)9-12)23-18(26)11-24(3)10-17(25)22-15-6-4-14(21)5-7-15/h4-9H,10-11H2,1-3H3,(H,22,25)(H,23,26). The third-order valence-corrected chi connectivity index (χ3v) is 3.95. The molecule has 138 valence electrons. The van der Waals surface area contributed by atoms with Crippen molar-refractivity contribution in [3.63, 3.8) is 0 Å². The molecule has 2 amide bonds. The maximum absolute atomic E-state index is 12.9. The number of nitrogens with one attached hydrogen (secondary N) is 2. The van der Waals surface area contributed by atoms with Crippen LogP contribution in [0.25, 0.3) is 0 Å². The lowest BCUT2D eigenvalue weighted by atomic mass is 10.1. The van der Waals surface area contributed by atoms with Gasteiger partial charge in [0.25, 0.3) is 0 Å². The molecule has 2 aromatic rings. The Balaban J connectivity index is 1.87. The van der Waals surface area contributed by atoms with Gasteiger partial charge in [-0.1, -0.05) is 17.7 Å². The number of halogens is 2. The van der Waals surface area contributed by atoms with E-state index >= 15 is 0 Å². The summed E-state index contributed by atoms with van der Waals surface area (Å²) >= 11 is 6.18. The molecule has 0 saturated heterocycles. The highest BCUT2D eigenvalue weighted by Gasteiger charge is 2.14. The van der Waals surface area contributed by atoms with Crippen molar-refractivity contribution < 1.29 is 14.0 Å². The predicted molar refractivity (Wildman–Crippen MR) is 102 cm³/mol. The van der Waals surface area contributed by atoms with E-state index in [2.05, 4.69) is 10.6 Å². The fourth-order valence-electron chi connectivity index (χ4n) is 2.53. The number of benzene rings is 2. The van der Waals surface area contributed by atoms with Gasteiger partial charge in [0.2, 0.25) is 11.8 Å². The fourth-order valence-corrected chi connectivity index (χ4v) is 2.90. The minimum absolute atomic E-state index is 0.0193. The second-order valence-electron chi connectivity index (χ2n) is 6.21. The lowest BCUT2D eigenvalue weighted by Gasteiger charge is -2.17. The van der Waals surface area contributed by atoms with Crippen molar-refractivity contribution in [2.75, 3.05) is 30.8 Å². The second-order valence-corrected chi connectivity index (χ2v) is 6.62. The van der Waals surface area contributed by atoms with E-state index in [0.717, 1.165) is 11.1 Å². The molecule has 0 bridgehead atoms. The molecule has 2 N–H and O–H groups in total. The summed E-state index contributed by atoms with van der Waals surface area (Å²) in [5.41, 5.74) is 2.96. The topological polar surface area (TPSA) is 61.4 Å². The third-order valence-electron chi connectivity index (χ3n) is 3.65. The number of hydrogen-bond acceptors (Lipinski definition) is 3. The van der Waals surface area contributed by atoms with Crippen molar-refractivity contribution in [1.82, 2.24) is 4.90 Å². The van der Waals surface area contributed by atoms with E-state index < -0.39 is 0 Å². The Morgan fingerprint density at radius 1 is 1.04 bits per heavy atom. The Morgan fingerprint density at radius 3 is 2.19 bits per heavy atom. The monoisotopic (exact) mass is 377 g/mol. The van der Waals surface area contributed by atoms with Crippen molar-refractivity contribution in [2.45, 2.75) is 13.8 Å². The fraction of sp³-hybridized carbons (Fsp3) is 0.263. The summed E-state index contributed by atoms with van der Waals surface area (Å²) < 4.78 is 12.9. The molecule has 0 aliphatic heterocycles. The van der Waals surface area contributed by atoms with Gasteiger partial charge in [0.1, 0.15) is 5.82 Å². The molecule has 26 heavy (non-hydrogen) atoms. The average Bonchev–Trinajstić information content (AvgIpc) is 2.52. The molecular weight excluding hydrogens is 357 g/mol. The number of carbonyl (C=O) groups is 2. The summed E-state index contributed by atoms with van der Waals surface area (Å²) in [5, 5.41) is 5.91. The summed E-state index contributed by atoms with van der Waals surface area (Å²) in [7, 11) is 1.66. The molecule has 0 radical (unpaired) electrons. The number of hydrogen-bond donors (Lipinski definition) is 2. The van der Waals surface area contributed by atoms with Crippen LogP contribution in [0.1, 0.15) is 11.1 Å². The minimum atomic E-state index is -0.373.